The SMILES string of the molecule is O=c1[nH]c(=O)n([C@@H]2C[C@@H](O)[C@H](CO)O2)cc1C#Cc1cc(C(F)(F)F)cc(C(F)(F)F)c1. The number of aliphatic hydroxyl groups is 2. The number of rotatable bonds is 2. The summed E-state index contributed by atoms with van der Waals surface area (Å²) in [6.45, 7) is -0.542. The first-order valence-electron chi connectivity index (χ1n) is 8.91. The van der Waals surface area contributed by atoms with E-state index in [1.807, 2.05) is 4.98 Å². The second kappa shape index (κ2) is 8.45. The van der Waals surface area contributed by atoms with E-state index in [2.05, 4.69) is 11.8 Å². The summed E-state index contributed by atoms with van der Waals surface area (Å²) in [5.74, 6) is 4.24. The Morgan fingerprint density at radius 2 is 1.66 bits per heavy atom. The molecule has 3 N–H and O–H groups in total. The van der Waals surface area contributed by atoms with Crippen molar-refractivity contribution >= 4 is 0 Å². The largest absolute Gasteiger partial charge is 0.416 e. The molecule has 3 atom stereocenters. The normalized spacial score (nSPS) is 21.3. The molecule has 1 aliphatic heterocycles. The monoisotopic (exact) mass is 464 g/mol. The third-order valence-electron chi connectivity index (χ3n) is 4.59. The highest BCUT2D eigenvalue weighted by molar-refractivity contribution is 5.46. The highest BCUT2D eigenvalue weighted by Crippen LogP contribution is 2.36. The number of aliphatic hydroxyl groups excluding tert-OH is 2. The van der Waals surface area contributed by atoms with E-state index in [9.17, 15) is 41.0 Å². The number of aromatic amines is 1. The van der Waals surface area contributed by atoms with Gasteiger partial charge in [-0.25, -0.2) is 4.79 Å². The molecule has 1 saturated heterocycles. The first-order chi connectivity index (χ1) is 14.8. The maximum Gasteiger partial charge on any atom is 0.416 e. The van der Waals surface area contributed by atoms with Crippen molar-refractivity contribution in [2.75, 3.05) is 6.61 Å². The Morgan fingerprint density at radius 3 is 2.16 bits per heavy atom. The molecule has 0 radical (unpaired) electrons. The quantitative estimate of drug-likeness (QED) is 0.463. The first kappa shape index (κ1) is 23.6. The molecule has 172 valence electrons. The van der Waals surface area contributed by atoms with E-state index in [1.165, 1.54) is 0 Å². The number of H-pyrrole nitrogens is 1. The fourth-order valence-corrected chi connectivity index (χ4v) is 3.01. The van der Waals surface area contributed by atoms with Gasteiger partial charge >= 0.3 is 18.0 Å². The van der Waals surface area contributed by atoms with Gasteiger partial charge < -0.3 is 14.9 Å². The van der Waals surface area contributed by atoms with Gasteiger partial charge in [-0.15, -0.1) is 0 Å². The lowest BCUT2D eigenvalue weighted by atomic mass is 10.0. The van der Waals surface area contributed by atoms with Crippen LogP contribution in [0.25, 0.3) is 0 Å². The second-order valence-corrected chi connectivity index (χ2v) is 6.87. The lowest BCUT2D eigenvalue weighted by Gasteiger charge is -2.14. The van der Waals surface area contributed by atoms with Gasteiger partial charge in [0.25, 0.3) is 5.56 Å². The van der Waals surface area contributed by atoms with Gasteiger partial charge in [-0.05, 0) is 18.2 Å². The standard InChI is InChI=1S/C19H14F6N2O5/c20-18(21,22)11-3-9(4-12(5-11)19(23,24)25)1-2-10-7-27(17(31)26-16(10)30)15-6-13(29)14(8-28)32-15/h3-5,7,13-15,28-29H,6,8H2,(H,26,30,31)/t13-,14+,15+/m1/s1. The van der Waals surface area contributed by atoms with Crippen molar-refractivity contribution in [3.8, 4) is 11.8 Å². The van der Waals surface area contributed by atoms with Gasteiger partial charge in [0.05, 0.1) is 23.8 Å². The Labute approximate surface area is 174 Å². The minimum absolute atomic E-state index is 0.0571. The van der Waals surface area contributed by atoms with Gasteiger partial charge in [0.1, 0.15) is 17.9 Å². The van der Waals surface area contributed by atoms with E-state index in [-0.39, 0.29) is 12.5 Å². The maximum absolute atomic E-state index is 13.0. The molecule has 0 aliphatic carbocycles. The summed E-state index contributed by atoms with van der Waals surface area (Å²) in [7, 11) is 0. The van der Waals surface area contributed by atoms with Crippen molar-refractivity contribution in [2.24, 2.45) is 0 Å². The summed E-state index contributed by atoms with van der Waals surface area (Å²) in [4.78, 5) is 26.0. The third kappa shape index (κ3) is 5.04. The second-order valence-electron chi connectivity index (χ2n) is 6.87. The van der Waals surface area contributed by atoms with Crippen molar-refractivity contribution in [2.45, 2.75) is 37.2 Å². The summed E-state index contributed by atoms with van der Waals surface area (Å²) in [6.07, 6.45) is -12.5. The number of benzene rings is 1. The molecule has 1 aliphatic rings. The maximum atomic E-state index is 13.0. The molecule has 13 heteroatoms. The van der Waals surface area contributed by atoms with Gasteiger partial charge in [-0.2, -0.15) is 26.3 Å². The summed E-state index contributed by atoms with van der Waals surface area (Å²) in [5.41, 5.74) is -6.22. The van der Waals surface area contributed by atoms with Gasteiger partial charge in [-0.1, -0.05) is 11.8 Å². The topological polar surface area (TPSA) is 105 Å². The summed E-state index contributed by atoms with van der Waals surface area (Å²) in [6, 6.07) is 0.738. The van der Waals surface area contributed by atoms with E-state index in [4.69, 9.17) is 9.84 Å². The molecule has 32 heavy (non-hydrogen) atoms. The Balaban J connectivity index is 2.03. The van der Waals surface area contributed by atoms with Crippen LogP contribution in [0.3, 0.4) is 0 Å². The van der Waals surface area contributed by atoms with E-state index in [1.54, 1.807) is 0 Å². The van der Waals surface area contributed by atoms with Crippen molar-refractivity contribution in [3.05, 3.63) is 67.5 Å². The molecule has 0 amide bonds. The lowest BCUT2D eigenvalue weighted by Crippen LogP contribution is -2.33. The number of hydrogen-bond acceptors (Lipinski definition) is 5. The fraction of sp³-hybridized carbons (Fsp3) is 0.368. The zero-order chi connectivity index (χ0) is 23.8. The van der Waals surface area contributed by atoms with Gasteiger partial charge in [0, 0.05) is 18.2 Å². The Bertz CT molecular complexity index is 1160. The van der Waals surface area contributed by atoms with Crippen LogP contribution < -0.4 is 11.2 Å². The molecule has 1 fully saturated rings. The van der Waals surface area contributed by atoms with Gasteiger partial charge in [0.2, 0.25) is 0 Å². The zero-order valence-electron chi connectivity index (χ0n) is 15.8. The average Bonchev–Trinajstić information content (AvgIpc) is 3.06. The summed E-state index contributed by atoms with van der Waals surface area (Å²) in [5, 5.41) is 18.9. The first-order valence-corrected chi connectivity index (χ1v) is 8.91. The number of halogens is 6. The number of hydrogen-bond donors (Lipinski definition) is 3. The van der Waals surface area contributed by atoms with Crippen molar-refractivity contribution in [3.63, 3.8) is 0 Å². The molecule has 1 aromatic heterocycles. The van der Waals surface area contributed by atoms with Crippen LogP contribution in [0.15, 0.2) is 34.0 Å². The number of alkyl halides is 6. The van der Waals surface area contributed by atoms with Crippen LogP contribution in [0.2, 0.25) is 0 Å². The Hall–Kier alpha value is -3.08. The van der Waals surface area contributed by atoms with Gasteiger partial charge in [0.15, 0.2) is 0 Å². The van der Waals surface area contributed by atoms with Crippen molar-refractivity contribution in [1.29, 1.82) is 0 Å². The van der Waals surface area contributed by atoms with Crippen LogP contribution in [-0.4, -0.2) is 38.6 Å². The molecule has 1 aromatic carbocycles. The van der Waals surface area contributed by atoms with Crippen molar-refractivity contribution in [1.82, 2.24) is 9.55 Å². The molecule has 0 spiro atoms. The highest BCUT2D eigenvalue weighted by Gasteiger charge is 2.37. The Morgan fingerprint density at radius 1 is 1.06 bits per heavy atom. The van der Waals surface area contributed by atoms with Crippen LogP contribution in [-0.2, 0) is 17.1 Å². The fourth-order valence-electron chi connectivity index (χ4n) is 3.01. The third-order valence-corrected chi connectivity index (χ3v) is 4.59. The minimum atomic E-state index is -5.06. The molecule has 7 nitrogen and oxygen atoms in total. The predicted molar refractivity (Wildman–Crippen MR) is 95.4 cm³/mol. The molecule has 0 saturated carbocycles. The predicted octanol–water partition coefficient (Wildman–Crippen LogP) is 1.61. The molecule has 2 aromatic rings. The molecular formula is C19H14F6N2O5. The highest BCUT2D eigenvalue weighted by atomic mass is 19.4. The van der Waals surface area contributed by atoms with Crippen LogP contribution in [0.5, 0.6) is 0 Å². The summed E-state index contributed by atoms with van der Waals surface area (Å²) < 4.78 is 83.9. The average molecular weight is 464 g/mol. The number of aromatic nitrogens is 2. The van der Waals surface area contributed by atoms with Crippen LogP contribution in [0, 0.1) is 11.8 Å². The number of nitrogens with zero attached hydrogens (tertiary/aromatic N) is 1. The smallest absolute Gasteiger partial charge is 0.394 e. The lowest BCUT2D eigenvalue weighted by molar-refractivity contribution is -0.143. The van der Waals surface area contributed by atoms with Gasteiger partial charge in [-0.3, -0.25) is 14.3 Å². The molecule has 3 rings (SSSR count). The van der Waals surface area contributed by atoms with E-state index in [0.717, 1.165) is 10.8 Å². The molecular weight excluding hydrogens is 450 g/mol. The van der Waals surface area contributed by atoms with E-state index in [0.29, 0.717) is 12.1 Å². The summed E-state index contributed by atoms with van der Waals surface area (Å²) >= 11 is 0. The Kier molecular flexibility index (Phi) is 6.23. The van der Waals surface area contributed by atoms with E-state index < -0.39 is 70.9 Å². The zero-order valence-corrected chi connectivity index (χ0v) is 15.8. The number of nitrogens with one attached hydrogen (secondary N) is 1. The minimum Gasteiger partial charge on any atom is -0.394 e. The van der Waals surface area contributed by atoms with Crippen LogP contribution in [0.1, 0.15) is 34.9 Å². The van der Waals surface area contributed by atoms with Crippen LogP contribution >= 0.6 is 0 Å². The van der Waals surface area contributed by atoms with Crippen molar-refractivity contribution < 1.29 is 41.3 Å². The van der Waals surface area contributed by atoms with Crippen LogP contribution in [0.4, 0.5) is 26.3 Å². The molecule has 2 heterocycles. The molecule has 0 unspecified atom stereocenters. The molecule has 0 bridgehead atoms. The van der Waals surface area contributed by atoms with E-state index >= 15 is 0 Å². The number of ether oxygens (including phenoxy) is 1.